The van der Waals surface area contributed by atoms with Crippen LogP contribution in [-0.4, -0.2) is 33.8 Å². The molecule has 1 unspecified atom stereocenters. The maximum atomic E-state index is 6.32. The molecule has 1 heterocycles. The van der Waals surface area contributed by atoms with Crippen LogP contribution in [-0.2, 0) is 13.0 Å². The highest BCUT2D eigenvalue weighted by atomic mass is 127. The summed E-state index contributed by atoms with van der Waals surface area (Å²) in [5, 5.41) is 15.7. The first-order valence-electron chi connectivity index (χ1n) is 9.31. The summed E-state index contributed by atoms with van der Waals surface area (Å²) in [7, 11) is 0. The first kappa shape index (κ1) is 23.7. The van der Waals surface area contributed by atoms with Gasteiger partial charge >= 0.3 is 0 Å². The minimum Gasteiger partial charge on any atom is -0.355 e. The molecule has 8 heteroatoms. The zero-order valence-corrected chi connectivity index (χ0v) is 19.4. The molecular weight excluding hydrogens is 475 g/mol. The van der Waals surface area contributed by atoms with Crippen molar-refractivity contribution in [3.63, 3.8) is 0 Å². The Kier molecular flexibility index (Phi) is 11.3. The maximum absolute atomic E-state index is 6.32. The van der Waals surface area contributed by atoms with Gasteiger partial charge in [-0.2, -0.15) is 0 Å². The number of guanidine groups is 1. The number of hydrogen-bond acceptors (Lipinski definition) is 3. The molecule has 27 heavy (non-hydrogen) atoms. The molecule has 0 radical (unpaired) electrons. The molecule has 1 aromatic heterocycles. The van der Waals surface area contributed by atoms with E-state index in [-0.39, 0.29) is 30.0 Å². The van der Waals surface area contributed by atoms with Crippen LogP contribution in [0.1, 0.15) is 51.0 Å². The molecule has 0 fully saturated rings. The number of nitrogens with one attached hydrogen (secondary N) is 2. The summed E-state index contributed by atoms with van der Waals surface area (Å²) in [6.45, 7) is 8.68. The Labute approximate surface area is 184 Å². The molecule has 1 atom stereocenters. The van der Waals surface area contributed by atoms with Gasteiger partial charge in [0.05, 0.1) is 6.04 Å². The quantitative estimate of drug-likeness (QED) is 0.232. The Morgan fingerprint density at radius 2 is 2.07 bits per heavy atom. The van der Waals surface area contributed by atoms with E-state index in [0.29, 0.717) is 0 Å². The van der Waals surface area contributed by atoms with Crippen molar-refractivity contribution in [2.45, 2.75) is 52.6 Å². The second-order valence-electron chi connectivity index (χ2n) is 6.19. The van der Waals surface area contributed by atoms with Gasteiger partial charge in [-0.05, 0) is 25.0 Å². The molecule has 0 aliphatic rings. The van der Waals surface area contributed by atoms with E-state index in [4.69, 9.17) is 11.6 Å². The predicted octanol–water partition coefficient (Wildman–Crippen LogP) is 4.21. The van der Waals surface area contributed by atoms with E-state index < -0.39 is 0 Å². The van der Waals surface area contributed by atoms with Gasteiger partial charge in [-0.25, -0.2) is 0 Å². The van der Waals surface area contributed by atoms with Crippen molar-refractivity contribution in [2.24, 2.45) is 4.99 Å². The van der Waals surface area contributed by atoms with E-state index >= 15 is 0 Å². The summed E-state index contributed by atoms with van der Waals surface area (Å²) in [5.74, 6) is 1.80. The number of unbranched alkanes of at least 4 members (excludes halogenated alkanes) is 1. The van der Waals surface area contributed by atoms with Gasteiger partial charge in [0.25, 0.3) is 0 Å². The van der Waals surface area contributed by atoms with Crippen molar-refractivity contribution in [2.75, 3.05) is 13.1 Å². The van der Waals surface area contributed by atoms with E-state index in [1.165, 1.54) is 0 Å². The van der Waals surface area contributed by atoms with Crippen LogP contribution in [0.15, 0.2) is 35.6 Å². The molecule has 2 rings (SSSR count). The predicted molar refractivity (Wildman–Crippen MR) is 123 cm³/mol. The van der Waals surface area contributed by atoms with Crippen molar-refractivity contribution in [3.05, 3.63) is 47.0 Å². The Morgan fingerprint density at radius 3 is 2.78 bits per heavy atom. The minimum atomic E-state index is 0. The summed E-state index contributed by atoms with van der Waals surface area (Å²) < 4.78 is 2.06. The normalized spacial score (nSPS) is 12.4. The summed E-state index contributed by atoms with van der Waals surface area (Å²) in [5.41, 5.74) is 1.06. The first-order chi connectivity index (χ1) is 12.7. The molecule has 2 N–H and O–H groups in total. The molecule has 0 aliphatic carbocycles. The van der Waals surface area contributed by atoms with Crippen LogP contribution in [0.3, 0.4) is 0 Å². The lowest BCUT2D eigenvalue weighted by Crippen LogP contribution is -2.40. The van der Waals surface area contributed by atoms with Gasteiger partial charge in [0.15, 0.2) is 5.96 Å². The summed E-state index contributed by atoms with van der Waals surface area (Å²) in [4.78, 5) is 4.68. The third-order valence-electron chi connectivity index (χ3n) is 4.16. The van der Waals surface area contributed by atoms with Crippen LogP contribution in [0.4, 0.5) is 0 Å². The number of aryl methyl sites for hydroxylation is 1. The number of aliphatic imine (C=N–C) groups is 1. The second kappa shape index (κ2) is 12.9. The molecule has 0 aliphatic heterocycles. The zero-order chi connectivity index (χ0) is 18.8. The van der Waals surface area contributed by atoms with Gasteiger partial charge < -0.3 is 15.2 Å². The Morgan fingerprint density at radius 1 is 1.30 bits per heavy atom. The molecule has 0 bridgehead atoms. The summed E-state index contributed by atoms with van der Waals surface area (Å²) in [6.07, 6.45) is 4.84. The Hall–Kier alpha value is -1.35. The first-order valence-corrected chi connectivity index (χ1v) is 9.69. The average molecular weight is 505 g/mol. The second-order valence-corrected chi connectivity index (χ2v) is 6.60. The summed E-state index contributed by atoms with van der Waals surface area (Å²) >= 11 is 6.32. The number of rotatable bonds is 9. The SMILES string of the molecule is CCCCN=C(NCCn1cnnc1CC)NC(C)c1ccccc1Cl.I. The fourth-order valence-electron chi connectivity index (χ4n) is 2.64. The monoisotopic (exact) mass is 504 g/mol. The number of hydrogen-bond donors (Lipinski definition) is 2. The van der Waals surface area contributed by atoms with Crippen LogP contribution in [0.5, 0.6) is 0 Å². The fraction of sp³-hybridized carbons (Fsp3) is 0.526. The van der Waals surface area contributed by atoms with E-state index in [2.05, 4.69) is 51.2 Å². The van der Waals surface area contributed by atoms with Crippen LogP contribution in [0.25, 0.3) is 0 Å². The smallest absolute Gasteiger partial charge is 0.191 e. The fourth-order valence-corrected chi connectivity index (χ4v) is 2.94. The molecule has 6 nitrogen and oxygen atoms in total. The van der Waals surface area contributed by atoms with Crippen LogP contribution >= 0.6 is 35.6 Å². The van der Waals surface area contributed by atoms with Crippen molar-refractivity contribution in [1.82, 2.24) is 25.4 Å². The molecule has 150 valence electrons. The number of halogens is 2. The van der Waals surface area contributed by atoms with E-state index in [9.17, 15) is 0 Å². The number of benzene rings is 1. The van der Waals surface area contributed by atoms with E-state index in [1.807, 2.05) is 24.3 Å². The molecule has 0 saturated heterocycles. The average Bonchev–Trinajstić information content (AvgIpc) is 3.09. The molecule has 0 spiro atoms. The largest absolute Gasteiger partial charge is 0.355 e. The molecular formula is C19H30ClIN6. The number of nitrogens with zero attached hydrogens (tertiary/aromatic N) is 4. The highest BCUT2D eigenvalue weighted by Gasteiger charge is 2.11. The Balaban J connectivity index is 0.00000364. The molecule has 1 aromatic carbocycles. The van der Waals surface area contributed by atoms with Gasteiger partial charge in [0.2, 0.25) is 0 Å². The third-order valence-corrected chi connectivity index (χ3v) is 4.51. The zero-order valence-electron chi connectivity index (χ0n) is 16.3. The lowest BCUT2D eigenvalue weighted by Gasteiger charge is -2.20. The highest BCUT2D eigenvalue weighted by Crippen LogP contribution is 2.21. The van der Waals surface area contributed by atoms with Gasteiger partial charge in [0, 0.05) is 31.1 Å². The van der Waals surface area contributed by atoms with Crippen LogP contribution in [0, 0.1) is 0 Å². The molecule has 0 amide bonds. The molecule has 2 aromatic rings. The molecule has 0 saturated carbocycles. The number of aromatic nitrogens is 3. The van der Waals surface area contributed by atoms with Crippen LogP contribution < -0.4 is 10.6 Å². The van der Waals surface area contributed by atoms with E-state index in [0.717, 1.165) is 61.3 Å². The van der Waals surface area contributed by atoms with Gasteiger partial charge in [-0.15, -0.1) is 34.2 Å². The maximum Gasteiger partial charge on any atom is 0.191 e. The lowest BCUT2D eigenvalue weighted by atomic mass is 10.1. The van der Waals surface area contributed by atoms with Gasteiger partial charge in [-0.3, -0.25) is 4.99 Å². The third kappa shape index (κ3) is 7.65. The lowest BCUT2D eigenvalue weighted by molar-refractivity contribution is 0.618. The minimum absolute atomic E-state index is 0. The van der Waals surface area contributed by atoms with Crippen LogP contribution in [0.2, 0.25) is 5.02 Å². The van der Waals surface area contributed by atoms with Crippen molar-refractivity contribution in [3.8, 4) is 0 Å². The van der Waals surface area contributed by atoms with Gasteiger partial charge in [0.1, 0.15) is 12.2 Å². The van der Waals surface area contributed by atoms with E-state index in [1.54, 1.807) is 6.33 Å². The summed E-state index contributed by atoms with van der Waals surface area (Å²) in [6, 6.07) is 7.96. The van der Waals surface area contributed by atoms with Crippen molar-refractivity contribution >= 4 is 41.5 Å². The van der Waals surface area contributed by atoms with Gasteiger partial charge in [-0.1, -0.05) is 50.1 Å². The standard InChI is InChI=1S/C19H29ClN6.HI/c1-4-6-11-21-19(22-12-13-26-14-23-25-18(26)5-2)24-15(3)16-9-7-8-10-17(16)20;/h7-10,14-15H,4-6,11-13H2,1-3H3,(H2,21,22,24);1H. The topological polar surface area (TPSA) is 67.1 Å². The van der Waals surface area contributed by atoms with Crippen molar-refractivity contribution < 1.29 is 0 Å². The van der Waals surface area contributed by atoms with Crippen molar-refractivity contribution in [1.29, 1.82) is 0 Å². The Bertz CT molecular complexity index is 703. The highest BCUT2D eigenvalue weighted by molar-refractivity contribution is 14.0.